The van der Waals surface area contributed by atoms with E-state index >= 15 is 0 Å². The number of aryl methyl sites for hydroxylation is 1. The highest BCUT2D eigenvalue weighted by Gasteiger charge is 2.49. The largest absolute Gasteiger partial charge is 0.345 e. The zero-order valence-corrected chi connectivity index (χ0v) is 27.7. The highest BCUT2D eigenvalue weighted by Crippen LogP contribution is 2.44. The van der Waals surface area contributed by atoms with Crippen LogP contribution in [-0.2, 0) is 11.2 Å². The first kappa shape index (κ1) is 30.7. The van der Waals surface area contributed by atoms with Crippen molar-refractivity contribution in [2.75, 3.05) is 49.6 Å². The Morgan fingerprint density at radius 1 is 1.15 bits per heavy atom. The summed E-state index contributed by atoms with van der Waals surface area (Å²) in [5, 5.41) is 25.5. The molecule has 1 spiro atoms. The molecule has 3 aliphatic rings. The Labute approximate surface area is 275 Å². The summed E-state index contributed by atoms with van der Waals surface area (Å²) in [6.07, 6.45) is 6.37. The molecule has 5 heterocycles. The van der Waals surface area contributed by atoms with E-state index in [1.165, 1.54) is 23.5 Å². The van der Waals surface area contributed by atoms with Gasteiger partial charge in [0.1, 0.15) is 28.2 Å². The Morgan fingerprint density at radius 3 is 2.67 bits per heavy atom. The second kappa shape index (κ2) is 12.4. The molecule has 3 aromatic heterocycles. The van der Waals surface area contributed by atoms with Gasteiger partial charge in [-0.3, -0.25) is 9.69 Å². The minimum absolute atomic E-state index is 0.182. The number of rotatable bonds is 10. The van der Waals surface area contributed by atoms with E-state index in [0.29, 0.717) is 45.9 Å². The highest BCUT2D eigenvalue weighted by atomic mass is 32.1. The van der Waals surface area contributed by atoms with Crippen LogP contribution in [-0.4, -0.2) is 70.0 Å². The molecule has 0 amide bonds. The van der Waals surface area contributed by atoms with Crippen molar-refractivity contribution in [2.45, 2.75) is 51.9 Å². The number of benzene rings is 1. The monoisotopic (exact) mass is 657 g/mol. The van der Waals surface area contributed by atoms with Gasteiger partial charge >= 0.3 is 0 Å². The van der Waals surface area contributed by atoms with Crippen LogP contribution < -0.4 is 9.80 Å². The van der Waals surface area contributed by atoms with Crippen molar-refractivity contribution in [3.63, 3.8) is 0 Å². The molecule has 1 aromatic carbocycles. The van der Waals surface area contributed by atoms with Crippen LogP contribution in [0, 0.1) is 45.7 Å². The Balaban J connectivity index is 1.01. The summed E-state index contributed by atoms with van der Waals surface area (Å²) in [6, 6.07) is 10.7. The molecule has 1 saturated carbocycles. The van der Waals surface area contributed by atoms with E-state index in [2.05, 4.69) is 28.9 Å². The van der Waals surface area contributed by atoms with Crippen LogP contribution in [0.1, 0.15) is 56.0 Å². The van der Waals surface area contributed by atoms with Gasteiger partial charge < -0.3 is 9.80 Å². The SMILES string of the molecule is CCc1nc2sc(N3CC4(CCN(CC(=O)CCC5CCC(C#N)C5)C4)C3)nn2c1N(C)c1nc(-c2ccc(F)cc2)c(C#N)s1. The number of thiazole rings is 1. The van der Waals surface area contributed by atoms with Crippen LogP contribution in [0.25, 0.3) is 16.2 Å². The molecule has 13 heteroatoms. The first-order valence-electron chi connectivity index (χ1n) is 16.0. The molecule has 2 aliphatic heterocycles. The third-order valence-corrected chi connectivity index (χ3v) is 11.8. The number of ketones is 1. The van der Waals surface area contributed by atoms with Gasteiger partial charge in [-0.2, -0.15) is 15.0 Å². The van der Waals surface area contributed by atoms with Crippen molar-refractivity contribution in [3.05, 3.63) is 40.7 Å². The van der Waals surface area contributed by atoms with Crippen molar-refractivity contribution in [1.29, 1.82) is 10.5 Å². The molecule has 0 bridgehead atoms. The number of carbonyl (C=O) groups excluding carboxylic acids is 1. The van der Waals surface area contributed by atoms with E-state index in [0.717, 1.165) is 86.3 Å². The molecule has 2 saturated heterocycles. The maximum atomic E-state index is 13.5. The molecule has 238 valence electrons. The van der Waals surface area contributed by atoms with Gasteiger partial charge in [-0.05, 0) is 75.3 Å². The van der Waals surface area contributed by atoms with Gasteiger partial charge in [0.05, 0.1) is 18.3 Å². The summed E-state index contributed by atoms with van der Waals surface area (Å²) in [5.74, 6) is 1.53. The number of hydrogen-bond donors (Lipinski definition) is 0. The van der Waals surface area contributed by atoms with E-state index in [4.69, 9.17) is 20.3 Å². The summed E-state index contributed by atoms with van der Waals surface area (Å²) >= 11 is 2.87. The molecule has 3 fully saturated rings. The van der Waals surface area contributed by atoms with Crippen LogP contribution in [0.4, 0.5) is 20.5 Å². The number of imidazole rings is 1. The molecule has 0 radical (unpaired) electrons. The van der Waals surface area contributed by atoms with Crippen molar-refractivity contribution >= 4 is 49.5 Å². The number of hydrogen-bond acceptors (Lipinski definition) is 11. The van der Waals surface area contributed by atoms with Crippen LogP contribution in [0.3, 0.4) is 0 Å². The van der Waals surface area contributed by atoms with Crippen molar-refractivity contribution in [2.24, 2.45) is 17.3 Å². The number of fused-ring (bicyclic) bond motifs is 1. The number of carbonyl (C=O) groups is 1. The molecule has 2 unspecified atom stereocenters. The normalized spacial score (nSPS) is 20.7. The third kappa shape index (κ3) is 5.76. The fourth-order valence-electron chi connectivity index (χ4n) is 7.36. The fourth-order valence-corrected chi connectivity index (χ4v) is 9.12. The van der Waals surface area contributed by atoms with Gasteiger partial charge in [0.15, 0.2) is 10.9 Å². The van der Waals surface area contributed by atoms with E-state index in [-0.39, 0.29) is 17.2 Å². The molecular weight excluding hydrogens is 622 g/mol. The zero-order valence-electron chi connectivity index (χ0n) is 26.1. The van der Waals surface area contributed by atoms with Crippen LogP contribution in [0.5, 0.6) is 0 Å². The molecule has 10 nitrogen and oxygen atoms in total. The number of anilines is 3. The van der Waals surface area contributed by atoms with Crippen molar-refractivity contribution in [3.8, 4) is 23.4 Å². The Hall–Kier alpha value is -3.91. The maximum absolute atomic E-state index is 13.5. The van der Waals surface area contributed by atoms with Crippen LogP contribution >= 0.6 is 22.7 Å². The second-order valence-electron chi connectivity index (χ2n) is 13.1. The number of halogens is 1. The topological polar surface area (TPSA) is 117 Å². The van der Waals surface area contributed by atoms with Crippen molar-refractivity contribution < 1.29 is 9.18 Å². The molecule has 7 rings (SSSR count). The lowest BCUT2D eigenvalue weighted by molar-refractivity contribution is -0.120. The Kier molecular flexibility index (Phi) is 8.26. The lowest BCUT2D eigenvalue weighted by atomic mass is 9.79. The van der Waals surface area contributed by atoms with Gasteiger partial charge in [0.25, 0.3) is 0 Å². The lowest BCUT2D eigenvalue weighted by Gasteiger charge is -2.47. The molecule has 4 aromatic rings. The Morgan fingerprint density at radius 2 is 1.96 bits per heavy atom. The van der Waals surface area contributed by atoms with Gasteiger partial charge in [0, 0.05) is 50.0 Å². The van der Waals surface area contributed by atoms with E-state index in [1.54, 1.807) is 23.5 Å². The van der Waals surface area contributed by atoms with Crippen LogP contribution in [0.15, 0.2) is 24.3 Å². The van der Waals surface area contributed by atoms with E-state index < -0.39 is 0 Å². The first-order valence-corrected chi connectivity index (χ1v) is 17.6. The molecular formula is C33H36FN9OS2. The highest BCUT2D eigenvalue weighted by molar-refractivity contribution is 7.20. The van der Waals surface area contributed by atoms with Gasteiger partial charge in [-0.25, -0.2) is 14.4 Å². The maximum Gasteiger partial charge on any atom is 0.216 e. The van der Waals surface area contributed by atoms with Gasteiger partial charge in [-0.15, -0.1) is 5.10 Å². The van der Waals surface area contributed by atoms with Gasteiger partial charge in [-0.1, -0.05) is 29.6 Å². The minimum atomic E-state index is -0.335. The van der Waals surface area contributed by atoms with Crippen molar-refractivity contribution in [1.82, 2.24) is 24.5 Å². The van der Waals surface area contributed by atoms with E-state index in [1.807, 2.05) is 16.5 Å². The average Bonchev–Trinajstić information content (AvgIpc) is 3.86. The second-order valence-corrected chi connectivity index (χ2v) is 15.0. The zero-order chi connectivity index (χ0) is 32.0. The molecule has 2 atom stereocenters. The number of Topliss-reactive ketones (excluding diaryl/α,β-unsaturated/α-hetero) is 1. The quantitative estimate of drug-likeness (QED) is 0.201. The summed E-state index contributed by atoms with van der Waals surface area (Å²) in [7, 11) is 1.92. The number of likely N-dealkylation sites (tertiary alicyclic amines) is 1. The lowest BCUT2D eigenvalue weighted by Crippen LogP contribution is -2.57. The predicted molar refractivity (Wildman–Crippen MR) is 177 cm³/mol. The van der Waals surface area contributed by atoms with E-state index in [9.17, 15) is 14.4 Å². The summed E-state index contributed by atoms with van der Waals surface area (Å²) < 4.78 is 15.4. The average molecular weight is 658 g/mol. The smallest absolute Gasteiger partial charge is 0.216 e. The molecule has 46 heavy (non-hydrogen) atoms. The summed E-state index contributed by atoms with van der Waals surface area (Å²) in [6.45, 7) is 6.31. The standard InChI is InChI=1S/C33H36FN9OS2/c1-3-26-29(40(2)30-38-28(27(16-36)45-30)23-7-9-24(34)10-8-23)43-31(37-26)46-32(39-43)42-19-33(20-42)12-13-41(18-33)17-25(44)11-6-21-4-5-22(14-21)15-35/h7-10,21-22H,3-6,11-14,17-20H2,1-2H3. The fraction of sp³-hybridized carbons (Fsp3) is 0.515. The number of nitrogens with zero attached hydrogens (tertiary/aromatic N) is 9. The van der Waals surface area contributed by atoms with Gasteiger partial charge in [0.2, 0.25) is 10.1 Å². The third-order valence-electron chi connectivity index (χ3n) is 9.81. The predicted octanol–water partition coefficient (Wildman–Crippen LogP) is 6.06. The molecule has 0 N–H and O–H groups in total. The number of aromatic nitrogens is 4. The first-order chi connectivity index (χ1) is 22.3. The molecule has 1 aliphatic carbocycles. The number of nitriles is 2. The summed E-state index contributed by atoms with van der Waals surface area (Å²) in [5.41, 5.74) is 2.32. The summed E-state index contributed by atoms with van der Waals surface area (Å²) in [4.78, 5) is 30.3. The minimum Gasteiger partial charge on any atom is -0.345 e. The van der Waals surface area contributed by atoms with Crippen LogP contribution in [0.2, 0.25) is 0 Å². The Bertz CT molecular complexity index is 1840.